The van der Waals surface area contributed by atoms with Crippen LogP contribution in [0.3, 0.4) is 0 Å². The molecule has 0 saturated carbocycles. The zero-order valence-corrected chi connectivity index (χ0v) is 11.7. The van der Waals surface area contributed by atoms with E-state index in [0.29, 0.717) is 21.3 Å². The summed E-state index contributed by atoms with van der Waals surface area (Å²) in [4.78, 5) is 10.9. The second kappa shape index (κ2) is 6.03. The van der Waals surface area contributed by atoms with Gasteiger partial charge in [-0.3, -0.25) is 4.79 Å². The SMILES string of the molecule is O=C(O)Cc1cccc(O)c1Nc1c(Cl)cccc1Cl. The normalized spacial score (nSPS) is 10.3. The number of carboxylic acids is 1. The van der Waals surface area contributed by atoms with E-state index < -0.39 is 5.97 Å². The number of rotatable bonds is 4. The number of nitrogens with one attached hydrogen (secondary N) is 1. The first-order valence-corrected chi connectivity index (χ1v) is 6.48. The molecule has 0 atom stereocenters. The summed E-state index contributed by atoms with van der Waals surface area (Å²) in [6, 6.07) is 9.63. The van der Waals surface area contributed by atoms with Crippen LogP contribution in [0, 0.1) is 0 Å². The maximum Gasteiger partial charge on any atom is 0.307 e. The molecule has 4 nitrogen and oxygen atoms in total. The van der Waals surface area contributed by atoms with Gasteiger partial charge in [-0.2, -0.15) is 0 Å². The van der Waals surface area contributed by atoms with Crippen molar-refractivity contribution in [3.8, 4) is 5.75 Å². The van der Waals surface area contributed by atoms with Crippen LogP contribution in [-0.2, 0) is 11.2 Å². The van der Waals surface area contributed by atoms with Gasteiger partial charge in [-0.1, -0.05) is 41.4 Å². The molecule has 0 spiro atoms. The minimum absolute atomic E-state index is 0.0697. The number of carboxylic acid groups (broad SMARTS) is 1. The number of phenolic OH excluding ortho intramolecular Hbond substituents is 1. The van der Waals surface area contributed by atoms with Crippen LogP contribution in [0.15, 0.2) is 36.4 Å². The molecule has 2 aromatic rings. The van der Waals surface area contributed by atoms with Crippen molar-refractivity contribution < 1.29 is 15.0 Å². The maximum atomic E-state index is 10.9. The molecule has 6 heteroatoms. The van der Waals surface area contributed by atoms with Crippen molar-refractivity contribution in [1.82, 2.24) is 0 Å². The van der Waals surface area contributed by atoms with Gasteiger partial charge in [-0.15, -0.1) is 0 Å². The average molecular weight is 312 g/mol. The highest BCUT2D eigenvalue weighted by Gasteiger charge is 2.14. The lowest BCUT2D eigenvalue weighted by Gasteiger charge is -2.15. The second-order valence-corrected chi connectivity index (χ2v) is 4.92. The molecule has 0 amide bonds. The predicted molar refractivity (Wildman–Crippen MR) is 79.2 cm³/mol. The number of carbonyl (C=O) groups is 1. The van der Waals surface area contributed by atoms with Crippen LogP contribution in [0.25, 0.3) is 0 Å². The highest BCUT2D eigenvalue weighted by molar-refractivity contribution is 6.39. The first kappa shape index (κ1) is 14.5. The number of benzene rings is 2. The van der Waals surface area contributed by atoms with Crippen molar-refractivity contribution in [2.45, 2.75) is 6.42 Å². The van der Waals surface area contributed by atoms with E-state index in [0.717, 1.165) is 0 Å². The molecule has 0 fully saturated rings. The summed E-state index contributed by atoms with van der Waals surface area (Å²) < 4.78 is 0. The minimum atomic E-state index is -0.996. The van der Waals surface area contributed by atoms with Gasteiger partial charge in [0, 0.05) is 0 Å². The molecule has 2 aromatic carbocycles. The molecule has 3 N–H and O–H groups in total. The molecule has 104 valence electrons. The highest BCUT2D eigenvalue weighted by atomic mass is 35.5. The molecule has 0 aromatic heterocycles. The van der Waals surface area contributed by atoms with Crippen molar-refractivity contribution in [2.75, 3.05) is 5.32 Å². The molecule has 2 rings (SSSR count). The summed E-state index contributed by atoms with van der Waals surface area (Å²) in [5.41, 5.74) is 1.14. The van der Waals surface area contributed by atoms with E-state index in [2.05, 4.69) is 5.32 Å². The van der Waals surface area contributed by atoms with Crippen molar-refractivity contribution in [1.29, 1.82) is 0 Å². The number of aromatic hydroxyl groups is 1. The highest BCUT2D eigenvalue weighted by Crippen LogP contribution is 2.37. The largest absolute Gasteiger partial charge is 0.506 e. The third kappa shape index (κ3) is 3.15. The zero-order valence-electron chi connectivity index (χ0n) is 10.2. The Labute approximate surface area is 125 Å². The van der Waals surface area contributed by atoms with E-state index in [9.17, 15) is 9.90 Å². The second-order valence-electron chi connectivity index (χ2n) is 4.10. The Hall–Kier alpha value is -1.91. The molecule has 0 radical (unpaired) electrons. The fraction of sp³-hybridized carbons (Fsp3) is 0.0714. The van der Waals surface area contributed by atoms with E-state index in [-0.39, 0.29) is 17.9 Å². The predicted octanol–water partition coefficient (Wildman–Crippen LogP) is 4.07. The lowest BCUT2D eigenvalue weighted by atomic mass is 10.1. The number of hydrogen-bond donors (Lipinski definition) is 3. The monoisotopic (exact) mass is 311 g/mol. The van der Waals surface area contributed by atoms with Crippen molar-refractivity contribution in [3.05, 3.63) is 52.0 Å². The fourth-order valence-corrected chi connectivity index (χ4v) is 2.28. The van der Waals surface area contributed by atoms with E-state index in [1.807, 2.05) is 0 Å². The quantitative estimate of drug-likeness (QED) is 0.744. The Morgan fingerprint density at radius 3 is 2.25 bits per heavy atom. The summed E-state index contributed by atoms with van der Waals surface area (Å²) in [6.07, 6.45) is -0.223. The van der Waals surface area contributed by atoms with Crippen molar-refractivity contribution >= 4 is 40.5 Å². The molecule has 0 aliphatic rings. The maximum absolute atomic E-state index is 10.9. The molecule has 0 aliphatic heterocycles. The minimum Gasteiger partial charge on any atom is -0.506 e. The van der Waals surface area contributed by atoms with Gasteiger partial charge in [0.2, 0.25) is 0 Å². The van der Waals surface area contributed by atoms with E-state index >= 15 is 0 Å². The molecule has 0 bridgehead atoms. The molecular weight excluding hydrogens is 301 g/mol. The number of hydrogen-bond acceptors (Lipinski definition) is 3. The molecule has 20 heavy (non-hydrogen) atoms. The van der Waals surface area contributed by atoms with Gasteiger partial charge in [-0.05, 0) is 23.8 Å². The van der Waals surface area contributed by atoms with Gasteiger partial charge in [0.15, 0.2) is 0 Å². The summed E-state index contributed by atoms with van der Waals surface area (Å²) in [5, 5.41) is 22.5. The third-order valence-corrected chi connectivity index (χ3v) is 3.31. The first-order valence-electron chi connectivity index (χ1n) is 5.72. The van der Waals surface area contributed by atoms with Gasteiger partial charge < -0.3 is 15.5 Å². The van der Waals surface area contributed by atoms with Crippen molar-refractivity contribution in [2.24, 2.45) is 0 Å². The zero-order chi connectivity index (χ0) is 14.7. The van der Waals surface area contributed by atoms with Gasteiger partial charge in [-0.25, -0.2) is 0 Å². The lowest BCUT2D eigenvalue weighted by molar-refractivity contribution is -0.136. The number of aliphatic carboxylic acids is 1. The fourth-order valence-electron chi connectivity index (χ4n) is 1.78. The van der Waals surface area contributed by atoms with Gasteiger partial charge in [0.25, 0.3) is 0 Å². The Morgan fingerprint density at radius 1 is 1.05 bits per heavy atom. The molecular formula is C14H11Cl2NO3. The molecule has 0 heterocycles. The average Bonchev–Trinajstić information content (AvgIpc) is 2.36. The first-order chi connectivity index (χ1) is 9.49. The van der Waals surface area contributed by atoms with Gasteiger partial charge in [0.05, 0.1) is 27.8 Å². The Bertz CT molecular complexity index is 639. The Kier molecular flexibility index (Phi) is 4.37. The summed E-state index contributed by atoms with van der Waals surface area (Å²) >= 11 is 12.1. The number of anilines is 2. The number of para-hydroxylation sites is 2. The van der Waals surface area contributed by atoms with Crippen LogP contribution in [0.4, 0.5) is 11.4 Å². The Morgan fingerprint density at radius 2 is 1.65 bits per heavy atom. The topological polar surface area (TPSA) is 69.6 Å². The molecule has 0 saturated heterocycles. The lowest BCUT2D eigenvalue weighted by Crippen LogP contribution is -2.04. The van der Waals surface area contributed by atoms with Crippen LogP contribution in [0.2, 0.25) is 10.0 Å². The Balaban J connectivity index is 2.45. The third-order valence-electron chi connectivity index (χ3n) is 2.68. The summed E-state index contributed by atoms with van der Waals surface area (Å²) in [6.45, 7) is 0. The molecule has 0 aliphatic carbocycles. The number of halogens is 2. The van der Waals surface area contributed by atoms with Crippen LogP contribution in [-0.4, -0.2) is 16.2 Å². The van der Waals surface area contributed by atoms with E-state index in [1.54, 1.807) is 30.3 Å². The number of phenols is 1. The smallest absolute Gasteiger partial charge is 0.307 e. The van der Waals surface area contributed by atoms with E-state index in [1.165, 1.54) is 6.07 Å². The van der Waals surface area contributed by atoms with Crippen LogP contribution in [0.1, 0.15) is 5.56 Å². The van der Waals surface area contributed by atoms with Crippen LogP contribution >= 0.6 is 23.2 Å². The standard InChI is InChI=1S/C14H11Cl2NO3/c15-9-4-2-5-10(16)14(9)17-13-8(7-12(19)20)3-1-6-11(13)18/h1-6,17-18H,7H2,(H,19,20). The van der Waals surface area contributed by atoms with Gasteiger partial charge in [0.1, 0.15) is 5.75 Å². The van der Waals surface area contributed by atoms with E-state index in [4.69, 9.17) is 28.3 Å². The summed E-state index contributed by atoms with van der Waals surface area (Å²) in [7, 11) is 0. The molecule has 0 unspecified atom stereocenters. The van der Waals surface area contributed by atoms with Crippen LogP contribution < -0.4 is 5.32 Å². The van der Waals surface area contributed by atoms with Crippen molar-refractivity contribution in [3.63, 3.8) is 0 Å². The van der Waals surface area contributed by atoms with Gasteiger partial charge >= 0.3 is 5.97 Å². The van der Waals surface area contributed by atoms with Crippen LogP contribution in [0.5, 0.6) is 5.75 Å². The summed E-state index contributed by atoms with van der Waals surface area (Å²) in [5.74, 6) is -1.07.